The number of ether oxygens (including phenoxy) is 1. The zero-order valence-corrected chi connectivity index (χ0v) is 19.0. The van der Waals surface area contributed by atoms with Crippen molar-refractivity contribution < 1.29 is 10.6 Å². The van der Waals surface area contributed by atoms with Gasteiger partial charge >= 0.3 is 0 Å². The largest absolute Gasteiger partial charge is 0.384 e. The van der Waals surface area contributed by atoms with Gasteiger partial charge in [0.2, 0.25) is 5.95 Å². The van der Waals surface area contributed by atoms with Crippen LogP contribution in [0.15, 0.2) is 48.1 Å². The zero-order chi connectivity index (χ0) is 23.7. The van der Waals surface area contributed by atoms with Gasteiger partial charge in [-0.3, -0.25) is 0 Å². The fraction of sp³-hybridized carbons (Fsp3) is 0.333. The highest BCUT2D eigenvalue weighted by molar-refractivity contribution is 6.15. The van der Waals surface area contributed by atoms with Gasteiger partial charge < -0.3 is 20.8 Å². The predicted octanol–water partition coefficient (Wildman–Crippen LogP) is 4.87. The van der Waals surface area contributed by atoms with Crippen LogP contribution in [-0.2, 0) is 4.74 Å². The van der Waals surface area contributed by atoms with E-state index in [1.165, 1.54) is 12.3 Å². The van der Waals surface area contributed by atoms with Crippen LogP contribution < -0.4 is 10.6 Å². The number of amidine groups is 1. The summed E-state index contributed by atoms with van der Waals surface area (Å²) in [5.74, 6) is -0.405. The molecular formula is C24H33FN6O. The molecule has 2 aromatic rings. The molecule has 3 rings (SSSR count). The third-order valence-electron chi connectivity index (χ3n) is 4.59. The number of allylic oxidation sites excluding steroid dienone is 1. The molecular weight excluding hydrogens is 407 g/mol. The summed E-state index contributed by atoms with van der Waals surface area (Å²) in [6, 6.07) is 7.47. The molecule has 0 spiro atoms. The van der Waals surface area contributed by atoms with E-state index in [0.717, 1.165) is 17.3 Å². The van der Waals surface area contributed by atoms with Gasteiger partial charge in [0, 0.05) is 26.3 Å². The Morgan fingerprint density at radius 3 is 2.47 bits per heavy atom. The highest BCUT2D eigenvalue weighted by Gasteiger charge is 2.24. The maximum absolute atomic E-state index is 14.3. The van der Waals surface area contributed by atoms with Gasteiger partial charge in [0.05, 0.1) is 18.4 Å². The normalized spacial score (nSPS) is 19.1. The van der Waals surface area contributed by atoms with E-state index in [-0.39, 0.29) is 25.3 Å². The molecule has 0 unspecified atom stereocenters. The molecule has 2 atom stereocenters. The van der Waals surface area contributed by atoms with E-state index < -0.39 is 5.82 Å². The summed E-state index contributed by atoms with van der Waals surface area (Å²) >= 11 is 0. The summed E-state index contributed by atoms with van der Waals surface area (Å²) in [7, 11) is 0. The van der Waals surface area contributed by atoms with Gasteiger partial charge in [-0.1, -0.05) is 50.8 Å². The molecule has 0 aliphatic carbocycles. The Kier molecular flexibility index (Phi) is 9.22. The van der Waals surface area contributed by atoms with E-state index in [2.05, 4.69) is 21.5 Å². The zero-order valence-electron chi connectivity index (χ0n) is 19.0. The first-order chi connectivity index (χ1) is 15.4. The van der Waals surface area contributed by atoms with Gasteiger partial charge in [-0.25, -0.2) is 14.4 Å². The molecule has 0 saturated carbocycles. The van der Waals surface area contributed by atoms with Crippen LogP contribution in [0.5, 0.6) is 0 Å². The molecule has 0 radical (unpaired) electrons. The number of aromatic nitrogens is 2. The van der Waals surface area contributed by atoms with E-state index in [4.69, 9.17) is 15.9 Å². The van der Waals surface area contributed by atoms with Crippen molar-refractivity contribution in [1.82, 2.24) is 9.97 Å². The van der Waals surface area contributed by atoms with Gasteiger partial charge in [0.1, 0.15) is 5.84 Å². The second kappa shape index (κ2) is 11.9. The molecule has 32 heavy (non-hydrogen) atoms. The first-order valence-corrected chi connectivity index (χ1v) is 10.6. The number of anilines is 1. The number of aliphatic imine (C=N–C) groups is 1. The average molecular weight is 441 g/mol. The fourth-order valence-corrected chi connectivity index (χ4v) is 3.25. The van der Waals surface area contributed by atoms with Crippen LogP contribution in [0.2, 0.25) is 0 Å². The number of nitrogens with two attached hydrogens (primary N) is 1. The molecule has 172 valence electrons. The van der Waals surface area contributed by atoms with Crippen molar-refractivity contribution >= 4 is 35.5 Å². The molecule has 0 amide bonds. The molecule has 1 fully saturated rings. The number of hydrogen-bond donors (Lipinski definition) is 2. The number of nitrogens with one attached hydrogen (secondary N) is 1. The monoisotopic (exact) mass is 440 g/mol. The smallest absolute Gasteiger partial charge is 0.227 e. The molecule has 1 aromatic carbocycles. The van der Waals surface area contributed by atoms with E-state index in [0.29, 0.717) is 24.6 Å². The minimum atomic E-state index is -0.670. The van der Waals surface area contributed by atoms with E-state index in [9.17, 15) is 4.39 Å². The number of rotatable bonds is 6. The summed E-state index contributed by atoms with van der Waals surface area (Å²) in [6.45, 7) is 12.9. The lowest BCUT2D eigenvalue weighted by molar-refractivity contribution is -0.00572. The van der Waals surface area contributed by atoms with E-state index >= 15 is 0 Å². The molecule has 8 heteroatoms. The lowest BCUT2D eigenvalue weighted by Crippen LogP contribution is -2.46. The second-order valence-electron chi connectivity index (χ2n) is 7.11. The van der Waals surface area contributed by atoms with Crippen LogP contribution in [0.4, 0.5) is 16.2 Å². The predicted molar refractivity (Wildman–Crippen MR) is 132 cm³/mol. The van der Waals surface area contributed by atoms with Crippen LogP contribution in [0.3, 0.4) is 0 Å². The average Bonchev–Trinajstić information content (AvgIpc) is 2.79. The number of benzene rings is 1. The molecule has 0 bridgehead atoms. The molecule has 1 aliphatic rings. The minimum absolute atomic E-state index is 0. The number of hydrogen-bond acceptors (Lipinski definition) is 6. The Hall–Kier alpha value is -3.39. The van der Waals surface area contributed by atoms with Crippen LogP contribution in [0.1, 0.15) is 40.2 Å². The Balaban J connectivity index is 0.00000177. The molecule has 1 saturated heterocycles. The third kappa shape index (κ3) is 6.55. The van der Waals surface area contributed by atoms with Gasteiger partial charge in [-0.15, -0.1) is 0 Å². The van der Waals surface area contributed by atoms with E-state index in [1.807, 2.05) is 56.9 Å². The van der Waals surface area contributed by atoms with Crippen LogP contribution in [0.25, 0.3) is 11.6 Å². The summed E-state index contributed by atoms with van der Waals surface area (Å²) in [4.78, 5) is 14.4. The van der Waals surface area contributed by atoms with Crippen molar-refractivity contribution in [2.24, 2.45) is 10.7 Å². The van der Waals surface area contributed by atoms with E-state index in [1.54, 1.807) is 6.08 Å². The molecule has 1 aromatic heterocycles. The van der Waals surface area contributed by atoms with Gasteiger partial charge in [0.25, 0.3) is 0 Å². The first-order valence-electron chi connectivity index (χ1n) is 10.6. The van der Waals surface area contributed by atoms with Gasteiger partial charge in [-0.2, -0.15) is 4.98 Å². The molecule has 7 nitrogen and oxygen atoms in total. The third-order valence-corrected chi connectivity index (χ3v) is 4.59. The fourth-order valence-electron chi connectivity index (χ4n) is 3.25. The Morgan fingerprint density at radius 1 is 1.28 bits per heavy atom. The lowest BCUT2D eigenvalue weighted by atomic mass is 10.0. The molecule has 2 heterocycles. The van der Waals surface area contributed by atoms with Crippen molar-refractivity contribution in [3.63, 3.8) is 0 Å². The van der Waals surface area contributed by atoms with Crippen LogP contribution in [0, 0.1) is 11.2 Å². The molecule has 1 aliphatic heterocycles. The maximum atomic E-state index is 14.3. The first kappa shape index (κ1) is 24.9. The van der Waals surface area contributed by atoms with Crippen molar-refractivity contribution in [2.75, 3.05) is 18.0 Å². The van der Waals surface area contributed by atoms with Crippen molar-refractivity contribution in [3.8, 4) is 0 Å². The van der Waals surface area contributed by atoms with Crippen molar-refractivity contribution in [2.45, 2.75) is 39.9 Å². The highest BCUT2D eigenvalue weighted by atomic mass is 19.1. The van der Waals surface area contributed by atoms with Crippen molar-refractivity contribution in [1.29, 1.82) is 5.41 Å². The Morgan fingerprint density at radius 2 is 1.91 bits per heavy atom. The van der Waals surface area contributed by atoms with Crippen LogP contribution in [-0.4, -0.2) is 47.3 Å². The minimum Gasteiger partial charge on any atom is -0.384 e. The quantitative estimate of drug-likeness (QED) is 0.493. The maximum Gasteiger partial charge on any atom is 0.227 e. The van der Waals surface area contributed by atoms with Crippen molar-refractivity contribution in [3.05, 3.63) is 60.1 Å². The number of nitrogens with zero attached hydrogens (tertiary/aromatic N) is 4. The highest BCUT2D eigenvalue weighted by Crippen LogP contribution is 2.22. The summed E-state index contributed by atoms with van der Waals surface area (Å²) in [5, 5.41) is 7.67. The Bertz CT molecular complexity index is 983. The molecule has 3 N–H and O–H groups in total. The van der Waals surface area contributed by atoms with Crippen LogP contribution >= 0.6 is 0 Å². The lowest BCUT2D eigenvalue weighted by Gasteiger charge is -2.35. The van der Waals surface area contributed by atoms with Gasteiger partial charge in [-0.05, 0) is 31.1 Å². The summed E-state index contributed by atoms with van der Waals surface area (Å²) in [5.41, 5.74) is 8.30. The summed E-state index contributed by atoms with van der Waals surface area (Å²) in [6.07, 6.45) is 5.54. The number of morpholine rings is 1. The topological polar surface area (TPSA) is 100 Å². The summed E-state index contributed by atoms with van der Waals surface area (Å²) < 4.78 is 20.0. The standard InChI is InChI=1S/C22H25FN6O.C2H6.H2/c1-4-16-5-7-17(8-6-16)18(10-24)9-20(25)27-21-19(23)11-26-22(28-21)29-12-14(2)30-15(3)13-29;1-2;/h4-11,14-15,24H,1,12-13H2,2-3H3,(H2,25,26,27,28);1-2H3;1H/b18-9+,24-10?;;/t14-,15+;;. The number of halogens is 1. The van der Waals surface area contributed by atoms with Gasteiger partial charge in [0.15, 0.2) is 11.6 Å². The second-order valence-corrected chi connectivity index (χ2v) is 7.11. The Labute approximate surface area is 190 Å². The SMILES string of the molecule is C=Cc1ccc(/C(C=N)=C/C(N)=Nc2nc(N3C[C@@H](C)O[C@@H](C)C3)ncc2F)cc1.CC.[HH].